The molecule has 2 heterocycles. The Bertz CT molecular complexity index is 424. The summed E-state index contributed by atoms with van der Waals surface area (Å²) in [7, 11) is -3.54. The molecule has 2 fully saturated rings. The summed E-state index contributed by atoms with van der Waals surface area (Å²) < 4.78 is 28.6. The SMILES string of the molecule is C[C@H]1CCCN(S(=O)(=O)N[C@@H]2CCCCNC2=O)C1. The Hall–Kier alpha value is -0.660. The summed E-state index contributed by atoms with van der Waals surface area (Å²) in [6.45, 7) is 3.79. The van der Waals surface area contributed by atoms with Gasteiger partial charge in [0.05, 0.1) is 0 Å². The summed E-state index contributed by atoms with van der Waals surface area (Å²) in [4.78, 5) is 11.8. The summed E-state index contributed by atoms with van der Waals surface area (Å²) in [5, 5.41) is 2.74. The van der Waals surface area contributed by atoms with Crippen molar-refractivity contribution in [3.63, 3.8) is 0 Å². The lowest BCUT2D eigenvalue weighted by atomic mass is 10.0. The third-order valence-electron chi connectivity index (χ3n) is 3.79. The van der Waals surface area contributed by atoms with E-state index in [1.54, 1.807) is 0 Å². The van der Waals surface area contributed by atoms with Crippen molar-refractivity contribution in [3.8, 4) is 0 Å². The summed E-state index contributed by atoms with van der Waals surface area (Å²) in [6, 6.07) is -0.621. The van der Waals surface area contributed by atoms with Crippen LogP contribution in [0.4, 0.5) is 0 Å². The Morgan fingerprint density at radius 1 is 1.26 bits per heavy atom. The zero-order chi connectivity index (χ0) is 13.9. The van der Waals surface area contributed by atoms with Crippen molar-refractivity contribution in [2.75, 3.05) is 19.6 Å². The number of carbonyl (C=O) groups is 1. The monoisotopic (exact) mass is 289 g/mol. The Balaban J connectivity index is 2.01. The van der Waals surface area contributed by atoms with Gasteiger partial charge in [0.25, 0.3) is 10.2 Å². The average molecular weight is 289 g/mol. The van der Waals surface area contributed by atoms with Crippen molar-refractivity contribution in [2.24, 2.45) is 5.92 Å². The van der Waals surface area contributed by atoms with E-state index < -0.39 is 16.3 Å². The summed E-state index contributed by atoms with van der Waals surface area (Å²) in [6.07, 6.45) is 4.30. The van der Waals surface area contributed by atoms with Crippen LogP contribution in [0, 0.1) is 5.92 Å². The van der Waals surface area contributed by atoms with E-state index in [9.17, 15) is 13.2 Å². The number of amides is 1. The van der Waals surface area contributed by atoms with Gasteiger partial charge in [-0.15, -0.1) is 0 Å². The maximum absolute atomic E-state index is 12.3. The van der Waals surface area contributed by atoms with Crippen LogP contribution in [0.2, 0.25) is 0 Å². The molecule has 2 atom stereocenters. The van der Waals surface area contributed by atoms with E-state index in [2.05, 4.69) is 17.0 Å². The number of nitrogens with one attached hydrogen (secondary N) is 2. The fourth-order valence-corrected chi connectivity index (χ4v) is 4.22. The number of carbonyl (C=O) groups excluding carboxylic acids is 1. The Labute approximate surface area is 115 Å². The molecule has 0 saturated carbocycles. The molecule has 0 aromatic heterocycles. The highest BCUT2D eigenvalue weighted by molar-refractivity contribution is 7.87. The number of rotatable bonds is 3. The van der Waals surface area contributed by atoms with Gasteiger partial charge in [0.15, 0.2) is 0 Å². The molecule has 0 radical (unpaired) electrons. The molecule has 0 aromatic carbocycles. The van der Waals surface area contributed by atoms with Crippen LogP contribution in [0.5, 0.6) is 0 Å². The molecular formula is C12H23N3O3S. The van der Waals surface area contributed by atoms with Gasteiger partial charge in [-0.3, -0.25) is 4.79 Å². The summed E-state index contributed by atoms with van der Waals surface area (Å²) in [5.41, 5.74) is 0. The highest BCUT2D eigenvalue weighted by Gasteiger charge is 2.31. The molecule has 2 N–H and O–H groups in total. The first kappa shape index (κ1) is 14.7. The van der Waals surface area contributed by atoms with Gasteiger partial charge in [0, 0.05) is 19.6 Å². The standard InChI is InChI=1S/C12H23N3O3S/c1-10-5-4-8-15(9-10)19(17,18)14-11-6-2-3-7-13-12(11)16/h10-11,14H,2-9H2,1H3,(H,13,16)/t10-,11+/m0/s1. The molecule has 110 valence electrons. The van der Waals surface area contributed by atoms with E-state index in [1.165, 1.54) is 4.31 Å². The minimum atomic E-state index is -3.54. The van der Waals surface area contributed by atoms with Crippen molar-refractivity contribution < 1.29 is 13.2 Å². The van der Waals surface area contributed by atoms with Crippen LogP contribution in [-0.2, 0) is 15.0 Å². The predicted molar refractivity (Wildman–Crippen MR) is 72.7 cm³/mol. The fourth-order valence-electron chi connectivity index (χ4n) is 2.67. The van der Waals surface area contributed by atoms with E-state index in [0.29, 0.717) is 32.0 Å². The zero-order valence-electron chi connectivity index (χ0n) is 11.4. The van der Waals surface area contributed by atoms with E-state index in [1.807, 2.05) is 0 Å². The minimum Gasteiger partial charge on any atom is -0.355 e. The van der Waals surface area contributed by atoms with Crippen LogP contribution in [0.15, 0.2) is 0 Å². The van der Waals surface area contributed by atoms with E-state index in [0.717, 1.165) is 25.7 Å². The van der Waals surface area contributed by atoms with Crippen LogP contribution in [0.3, 0.4) is 0 Å². The second-order valence-corrected chi connectivity index (χ2v) is 7.27. The lowest BCUT2D eigenvalue weighted by Gasteiger charge is -2.31. The largest absolute Gasteiger partial charge is 0.355 e. The second kappa shape index (κ2) is 6.19. The van der Waals surface area contributed by atoms with Crippen molar-refractivity contribution in [1.82, 2.24) is 14.3 Å². The molecule has 0 aromatic rings. The molecule has 2 aliphatic rings. The molecule has 19 heavy (non-hydrogen) atoms. The normalized spacial score (nSPS) is 30.7. The Morgan fingerprint density at radius 2 is 2.05 bits per heavy atom. The highest BCUT2D eigenvalue weighted by Crippen LogP contribution is 2.18. The van der Waals surface area contributed by atoms with Gasteiger partial charge in [-0.1, -0.05) is 6.92 Å². The quantitative estimate of drug-likeness (QED) is 0.780. The maximum atomic E-state index is 12.3. The lowest BCUT2D eigenvalue weighted by Crippen LogP contribution is -2.52. The Kier molecular flexibility index (Phi) is 4.81. The molecule has 2 aliphatic heterocycles. The maximum Gasteiger partial charge on any atom is 0.280 e. The van der Waals surface area contributed by atoms with Crippen LogP contribution >= 0.6 is 0 Å². The van der Waals surface area contributed by atoms with Crippen LogP contribution in [0.25, 0.3) is 0 Å². The van der Waals surface area contributed by atoms with Gasteiger partial charge in [-0.25, -0.2) is 0 Å². The van der Waals surface area contributed by atoms with Gasteiger partial charge in [0.1, 0.15) is 6.04 Å². The predicted octanol–water partition coefficient (Wildman–Crippen LogP) is 0.221. The van der Waals surface area contributed by atoms with Crippen molar-refractivity contribution in [1.29, 1.82) is 0 Å². The zero-order valence-corrected chi connectivity index (χ0v) is 12.2. The van der Waals surface area contributed by atoms with Gasteiger partial charge >= 0.3 is 0 Å². The van der Waals surface area contributed by atoms with E-state index in [-0.39, 0.29) is 5.91 Å². The van der Waals surface area contributed by atoms with Gasteiger partial charge in [-0.2, -0.15) is 17.4 Å². The molecule has 0 aliphatic carbocycles. The van der Waals surface area contributed by atoms with E-state index >= 15 is 0 Å². The third kappa shape index (κ3) is 3.90. The first-order chi connectivity index (χ1) is 8.99. The third-order valence-corrected chi connectivity index (χ3v) is 5.38. The molecule has 7 heteroatoms. The van der Waals surface area contributed by atoms with Crippen LogP contribution < -0.4 is 10.0 Å². The molecule has 2 saturated heterocycles. The van der Waals surface area contributed by atoms with Crippen molar-refractivity contribution in [3.05, 3.63) is 0 Å². The number of hydrogen-bond donors (Lipinski definition) is 2. The number of hydrogen-bond acceptors (Lipinski definition) is 3. The van der Waals surface area contributed by atoms with E-state index in [4.69, 9.17) is 0 Å². The lowest BCUT2D eigenvalue weighted by molar-refractivity contribution is -0.122. The highest BCUT2D eigenvalue weighted by atomic mass is 32.2. The van der Waals surface area contributed by atoms with Crippen LogP contribution in [-0.4, -0.2) is 44.3 Å². The molecule has 2 rings (SSSR count). The topological polar surface area (TPSA) is 78.5 Å². The summed E-state index contributed by atoms with van der Waals surface area (Å²) >= 11 is 0. The Morgan fingerprint density at radius 3 is 2.79 bits per heavy atom. The fraction of sp³-hybridized carbons (Fsp3) is 0.917. The first-order valence-corrected chi connectivity index (χ1v) is 8.48. The molecule has 0 unspecified atom stereocenters. The first-order valence-electron chi connectivity index (χ1n) is 7.04. The molecule has 1 amide bonds. The van der Waals surface area contributed by atoms with Crippen molar-refractivity contribution >= 4 is 16.1 Å². The van der Waals surface area contributed by atoms with Crippen molar-refractivity contribution in [2.45, 2.75) is 45.1 Å². The molecule has 0 spiro atoms. The second-order valence-electron chi connectivity index (χ2n) is 5.57. The smallest absolute Gasteiger partial charge is 0.280 e. The molecular weight excluding hydrogens is 266 g/mol. The number of piperidine rings is 1. The minimum absolute atomic E-state index is 0.203. The van der Waals surface area contributed by atoms with Crippen LogP contribution in [0.1, 0.15) is 39.0 Å². The van der Waals surface area contributed by atoms with Gasteiger partial charge < -0.3 is 5.32 Å². The van der Waals surface area contributed by atoms with Gasteiger partial charge in [0.2, 0.25) is 5.91 Å². The summed E-state index contributed by atoms with van der Waals surface area (Å²) in [5.74, 6) is 0.180. The number of nitrogens with zero attached hydrogens (tertiary/aromatic N) is 1. The molecule has 0 bridgehead atoms. The van der Waals surface area contributed by atoms with Gasteiger partial charge in [-0.05, 0) is 38.0 Å². The molecule has 6 nitrogen and oxygen atoms in total. The average Bonchev–Trinajstić information content (AvgIpc) is 2.55.